The van der Waals surface area contributed by atoms with Gasteiger partial charge in [0.15, 0.2) is 0 Å². The SMILES string of the molecule is Cc1c(OCCc2ccc(C(F)(F)F)cc2)ccnc1Nc1ccc2c(F)c[nH]c2c1. The third-order valence-electron chi connectivity index (χ3n) is 4.98. The Kier molecular flexibility index (Phi) is 5.54. The lowest BCUT2D eigenvalue weighted by atomic mass is 10.1. The molecule has 4 rings (SSSR count). The Bertz CT molecular complexity index is 1200. The number of aromatic nitrogens is 2. The monoisotopic (exact) mass is 429 g/mol. The minimum Gasteiger partial charge on any atom is -0.493 e. The highest BCUT2D eigenvalue weighted by Crippen LogP contribution is 2.30. The fourth-order valence-electron chi connectivity index (χ4n) is 3.24. The van der Waals surface area contributed by atoms with E-state index in [0.29, 0.717) is 35.5 Å². The van der Waals surface area contributed by atoms with Gasteiger partial charge in [0.05, 0.1) is 17.7 Å². The second kappa shape index (κ2) is 8.29. The zero-order valence-corrected chi connectivity index (χ0v) is 16.6. The first-order valence-corrected chi connectivity index (χ1v) is 9.59. The minimum atomic E-state index is -4.34. The van der Waals surface area contributed by atoms with E-state index < -0.39 is 11.7 Å². The Balaban J connectivity index is 1.41. The summed E-state index contributed by atoms with van der Waals surface area (Å²) in [6.45, 7) is 2.17. The van der Waals surface area contributed by atoms with Crippen LogP contribution >= 0.6 is 0 Å². The molecule has 0 aliphatic heterocycles. The number of rotatable bonds is 6. The standard InChI is InChI=1S/C23H19F4N3O/c1-14-21(31-11-9-15-2-4-16(5-3-15)23(25,26)27)8-10-28-22(14)30-17-6-7-18-19(24)13-29-20(18)12-17/h2-8,10,12-13,29H,9,11H2,1H3,(H,28,30). The minimum absolute atomic E-state index is 0.306. The van der Waals surface area contributed by atoms with Crippen molar-refractivity contribution in [2.75, 3.05) is 11.9 Å². The van der Waals surface area contributed by atoms with Gasteiger partial charge in [-0.15, -0.1) is 0 Å². The lowest BCUT2D eigenvalue weighted by Crippen LogP contribution is -2.06. The zero-order chi connectivity index (χ0) is 22.0. The summed E-state index contributed by atoms with van der Waals surface area (Å²) in [5, 5.41) is 3.71. The number of hydrogen-bond donors (Lipinski definition) is 2. The van der Waals surface area contributed by atoms with Crippen molar-refractivity contribution < 1.29 is 22.3 Å². The van der Waals surface area contributed by atoms with Gasteiger partial charge in [-0.05, 0) is 48.9 Å². The molecular weight excluding hydrogens is 410 g/mol. The number of fused-ring (bicyclic) bond motifs is 1. The molecule has 4 aromatic rings. The second-order valence-electron chi connectivity index (χ2n) is 7.10. The van der Waals surface area contributed by atoms with Crippen LogP contribution in [0.4, 0.5) is 29.1 Å². The predicted octanol–water partition coefficient (Wildman–Crippen LogP) is 6.39. The van der Waals surface area contributed by atoms with E-state index in [1.807, 2.05) is 6.92 Å². The van der Waals surface area contributed by atoms with Gasteiger partial charge < -0.3 is 15.0 Å². The maximum absolute atomic E-state index is 13.6. The first-order chi connectivity index (χ1) is 14.8. The fraction of sp³-hybridized carbons (Fsp3) is 0.174. The number of halogens is 4. The van der Waals surface area contributed by atoms with Gasteiger partial charge in [0.25, 0.3) is 0 Å². The van der Waals surface area contributed by atoms with Gasteiger partial charge in [0, 0.05) is 35.5 Å². The lowest BCUT2D eigenvalue weighted by molar-refractivity contribution is -0.137. The number of ether oxygens (including phenoxy) is 1. The van der Waals surface area contributed by atoms with Crippen molar-refractivity contribution in [1.82, 2.24) is 9.97 Å². The van der Waals surface area contributed by atoms with E-state index in [9.17, 15) is 17.6 Å². The van der Waals surface area contributed by atoms with E-state index in [0.717, 1.165) is 28.9 Å². The molecule has 0 saturated heterocycles. The van der Waals surface area contributed by atoms with Gasteiger partial charge in [-0.1, -0.05) is 12.1 Å². The number of aromatic amines is 1. The molecule has 4 nitrogen and oxygen atoms in total. The topological polar surface area (TPSA) is 49.9 Å². The Morgan fingerprint density at radius 2 is 1.84 bits per heavy atom. The maximum atomic E-state index is 13.6. The summed E-state index contributed by atoms with van der Waals surface area (Å²) in [5.41, 5.74) is 2.28. The van der Waals surface area contributed by atoms with Crippen LogP contribution < -0.4 is 10.1 Å². The van der Waals surface area contributed by atoms with E-state index in [-0.39, 0.29) is 5.82 Å². The third kappa shape index (κ3) is 4.63. The first-order valence-electron chi connectivity index (χ1n) is 9.59. The quantitative estimate of drug-likeness (QED) is 0.349. The molecule has 0 spiro atoms. The van der Waals surface area contributed by atoms with E-state index >= 15 is 0 Å². The molecule has 0 radical (unpaired) electrons. The molecular formula is C23H19F4N3O. The number of benzene rings is 2. The van der Waals surface area contributed by atoms with E-state index in [2.05, 4.69) is 15.3 Å². The van der Waals surface area contributed by atoms with Crippen molar-refractivity contribution in [2.45, 2.75) is 19.5 Å². The Morgan fingerprint density at radius 3 is 2.58 bits per heavy atom. The molecule has 0 saturated carbocycles. The zero-order valence-electron chi connectivity index (χ0n) is 16.6. The summed E-state index contributed by atoms with van der Waals surface area (Å²) in [7, 11) is 0. The van der Waals surface area contributed by atoms with Crippen molar-refractivity contribution in [2.24, 2.45) is 0 Å². The van der Waals surface area contributed by atoms with Crippen LogP contribution in [0.25, 0.3) is 10.9 Å². The number of nitrogens with one attached hydrogen (secondary N) is 2. The molecule has 0 unspecified atom stereocenters. The second-order valence-corrected chi connectivity index (χ2v) is 7.10. The van der Waals surface area contributed by atoms with Crippen LogP contribution in [0.5, 0.6) is 5.75 Å². The van der Waals surface area contributed by atoms with Crippen molar-refractivity contribution >= 4 is 22.4 Å². The molecule has 2 aromatic carbocycles. The number of nitrogens with zero attached hydrogens (tertiary/aromatic N) is 1. The Hall–Kier alpha value is -3.55. The normalized spacial score (nSPS) is 11.6. The smallest absolute Gasteiger partial charge is 0.416 e. The van der Waals surface area contributed by atoms with Crippen molar-refractivity contribution in [1.29, 1.82) is 0 Å². The molecule has 160 valence electrons. The summed E-state index contributed by atoms with van der Waals surface area (Å²) >= 11 is 0. The van der Waals surface area contributed by atoms with Crippen LogP contribution in [0.2, 0.25) is 0 Å². The summed E-state index contributed by atoms with van der Waals surface area (Å²) in [6.07, 6.45) is -0.956. The molecule has 0 bridgehead atoms. The number of H-pyrrole nitrogens is 1. The highest BCUT2D eigenvalue weighted by atomic mass is 19.4. The lowest BCUT2D eigenvalue weighted by Gasteiger charge is -2.14. The Morgan fingerprint density at radius 1 is 1.06 bits per heavy atom. The molecule has 2 N–H and O–H groups in total. The van der Waals surface area contributed by atoms with Gasteiger partial charge >= 0.3 is 6.18 Å². The molecule has 2 heterocycles. The summed E-state index contributed by atoms with van der Waals surface area (Å²) in [4.78, 5) is 7.21. The van der Waals surface area contributed by atoms with E-state index in [4.69, 9.17) is 4.74 Å². The Labute approximate surface area is 175 Å². The molecule has 2 aromatic heterocycles. The largest absolute Gasteiger partial charge is 0.493 e. The van der Waals surface area contributed by atoms with Gasteiger partial charge in [0.2, 0.25) is 0 Å². The predicted molar refractivity (Wildman–Crippen MR) is 111 cm³/mol. The fourth-order valence-corrected chi connectivity index (χ4v) is 3.24. The van der Waals surface area contributed by atoms with Crippen LogP contribution in [0.15, 0.2) is 60.9 Å². The number of hydrogen-bond acceptors (Lipinski definition) is 3. The number of pyridine rings is 1. The summed E-state index contributed by atoms with van der Waals surface area (Å²) in [6, 6.07) is 12.0. The number of alkyl halides is 3. The summed E-state index contributed by atoms with van der Waals surface area (Å²) in [5.74, 6) is 0.911. The summed E-state index contributed by atoms with van der Waals surface area (Å²) < 4.78 is 57.4. The first kappa shape index (κ1) is 20.7. The van der Waals surface area contributed by atoms with Gasteiger partial charge in [-0.2, -0.15) is 13.2 Å². The van der Waals surface area contributed by atoms with Crippen LogP contribution in [-0.2, 0) is 12.6 Å². The molecule has 31 heavy (non-hydrogen) atoms. The van der Waals surface area contributed by atoms with E-state index in [1.54, 1.807) is 30.5 Å². The van der Waals surface area contributed by atoms with Gasteiger partial charge in [0.1, 0.15) is 17.4 Å². The van der Waals surface area contributed by atoms with Crippen LogP contribution in [0.1, 0.15) is 16.7 Å². The highest BCUT2D eigenvalue weighted by molar-refractivity contribution is 5.84. The van der Waals surface area contributed by atoms with Crippen LogP contribution in [-0.4, -0.2) is 16.6 Å². The van der Waals surface area contributed by atoms with E-state index in [1.165, 1.54) is 18.3 Å². The van der Waals surface area contributed by atoms with Gasteiger partial charge in [-0.3, -0.25) is 0 Å². The molecule has 0 aliphatic carbocycles. The van der Waals surface area contributed by atoms with Crippen molar-refractivity contribution in [3.63, 3.8) is 0 Å². The molecule has 0 fully saturated rings. The van der Waals surface area contributed by atoms with Crippen molar-refractivity contribution in [3.05, 3.63) is 83.4 Å². The average molecular weight is 429 g/mol. The maximum Gasteiger partial charge on any atom is 0.416 e. The molecule has 0 atom stereocenters. The molecule has 0 aliphatic rings. The van der Waals surface area contributed by atoms with Crippen LogP contribution in [0, 0.1) is 12.7 Å². The molecule has 0 amide bonds. The average Bonchev–Trinajstić information content (AvgIpc) is 3.10. The third-order valence-corrected chi connectivity index (χ3v) is 4.98. The highest BCUT2D eigenvalue weighted by Gasteiger charge is 2.29. The van der Waals surface area contributed by atoms with Crippen molar-refractivity contribution in [3.8, 4) is 5.75 Å². The number of anilines is 2. The van der Waals surface area contributed by atoms with Crippen LogP contribution in [0.3, 0.4) is 0 Å². The molecule has 8 heteroatoms. The van der Waals surface area contributed by atoms with Gasteiger partial charge in [-0.25, -0.2) is 9.37 Å².